The second-order valence-corrected chi connectivity index (χ2v) is 10.0. The van der Waals surface area contributed by atoms with Crippen LogP contribution in [-0.4, -0.2) is 63.9 Å². The van der Waals surface area contributed by atoms with Crippen LogP contribution in [0.4, 0.5) is 10.7 Å². The molecule has 0 spiro atoms. The Kier molecular flexibility index (Phi) is 6.91. The lowest BCUT2D eigenvalue weighted by atomic mass is 10.00. The molecule has 4 heterocycles. The summed E-state index contributed by atoms with van der Waals surface area (Å²) in [4.78, 5) is 37.5. The van der Waals surface area contributed by atoms with Crippen LogP contribution in [0.25, 0.3) is 22.2 Å². The van der Waals surface area contributed by atoms with E-state index in [0.29, 0.717) is 43.5 Å². The van der Waals surface area contributed by atoms with E-state index in [4.69, 9.17) is 9.72 Å². The molecule has 9 nitrogen and oxygen atoms in total. The third-order valence-electron chi connectivity index (χ3n) is 6.99. The SMILES string of the molecule is Cc1ccccc1-c1cc2cnc(NC3CCN(C(=O)NC(C)C)C3)nc2n(C2CCOCC2)c1=O. The number of hydrogen-bond donors (Lipinski definition) is 2. The number of nitrogens with one attached hydrogen (secondary N) is 2. The van der Waals surface area contributed by atoms with Crippen LogP contribution in [0.3, 0.4) is 0 Å². The Labute approximate surface area is 210 Å². The molecular weight excluding hydrogens is 456 g/mol. The number of rotatable bonds is 5. The Balaban J connectivity index is 1.49. The van der Waals surface area contributed by atoms with E-state index in [2.05, 4.69) is 15.6 Å². The number of fused-ring (bicyclic) bond motifs is 1. The molecule has 1 aromatic carbocycles. The van der Waals surface area contributed by atoms with Gasteiger partial charge < -0.3 is 20.3 Å². The lowest BCUT2D eigenvalue weighted by molar-refractivity contribution is 0.0697. The number of aromatic nitrogens is 3. The number of urea groups is 1. The van der Waals surface area contributed by atoms with Gasteiger partial charge in [0.15, 0.2) is 0 Å². The normalized spacial score (nSPS) is 18.7. The third kappa shape index (κ3) is 4.93. The predicted molar refractivity (Wildman–Crippen MR) is 140 cm³/mol. The Bertz CT molecular complexity index is 1310. The molecule has 2 saturated heterocycles. The highest BCUT2D eigenvalue weighted by molar-refractivity contribution is 5.82. The second-order valence-electron chi connectivity index (χ2n) is 10.0. The van der Waals surface area contributed by atoms with Crippen LogP contribution >= 0.6 is 0 Å². The maximum atomic E-state index is 13.9. The van der Waals surface area contributed by atoms with Gasteiger partial charge in [-0.15, -0.1) is 0 Å². The monoisotopic (exact) mass is 490 g/mol. The maximum Gasteiger partial charge on any atom is 0.317 e. The van der Waals surface area contributed by atoms with Crippen molar-refractivity contribution < 1.29 is 9.53 Å². The van der Waals surface area contributed by atoms with Crippen LogP contribution in [0.1, 0.15) is 44.7 Å². The summed E-state index contributed by atoms with van der Waals surface area (Å²) in [6.07, 6.45) is 4.13. The quantitative estimate of drug-likeness (QED) is 0.565. The molecule has 2 aromatic heterocycles. The zero-order valence-electron chi connectivity index (χ0n) is 21.2. The minimum absolute atomic E-state index is 0.0159. The first-order valence-corrected chi connectivity index (χ1v) is 12.8. The van der Waals surface area contributed by atoms with Crippen molar-refractivity contribution in [3.05, 3.63) is 52.4 Å². The van der Waals surface area contributed by atoms with E-state index < -0.39 is 0 Å². The van der Waals surface area contributed by atoms with Crippen LogP contribution < -0.4 is 16.2 Å². The number of benzene rings is 1. The number of pyridine rings is 1. The number of amides is 2. The molecule has 0 radical (unpaired) electrons. The molecule has 0 saturated carbocycles. The number of carbonyl (C=O) groups excluding carboxylic acids is 1. The maximum absolute atomic E-state index is 13.9. The van der Waals surface area contributed by atoms with E-state index in [1.807, 2.05) is 60.6 Å². The van der Waals surface area contributed by atoms with Crippen molar-refractivity contribution in [2.24, 2.45) is 0 Å². The number of hydrogen-bond acceptors (Lipinski definition) is 6. The molecule has 1 atom stereocenters. The van der Waals surface area contributed by atoms with Crippen molar-refractivity contribution in [2.75, 3.05) is 31.6 Å². The first-order chi connectivity index (χ1) is 17.4. The van der Waals surface area contributed by atoms with Gasteiger partial charge in [0.25, 0.3) is 5.56 Å². The van der Waals surface area contributed by atoms with Gasteiger partial charge >= 0.3 is 6.03 Å². The molecule has 2 N–H and O–H groups in total. The van der Waals surface area contributed by atoms with E-state index in [1.54, 1.807) is 6.20 Å². The molecule has 9 heteroatoms. The summed E-state index contributed by atoms with van der Waals surface area (Å²) in [6, 6.07) is 9.97. The van der Waals surface area contributed by atoms with Gasteiger partial charge in [-0.25, -0.2) is 9.78 Å². The summed E-state index contributed by atoms with van der Waals surface area (Å²) in [5.41, 5.74) is 3.25. The van der Waals surface area contributed by atoms with Crippen LogP contribution in [-0.2, 0) is 4.74 Å². The number of nitrogens with zero attached hydrogens (tertiary/aromatic N) is 4. The Morgan fingerprint density at radius 1 is 1.14 bits per heavy atom. The summed E-state index contributed by atoms with van der Waals surface area (Å²) in [6.45, 7) is 8.44. The molecule has 2 fully saturated rings. The fourth-order valence-electron chi connectivity index (χ4n) is 5.12. The minimum atomic E-state index is -0.0502. The molecular formula is C27H34N6O3. The molecule has 190 valence electrons. The zero-order valence-corrected chi connectivity index (χ0v) is 21.2. The van der Waals surface area contributed by atoms with Crippen molar-refractivity contribution >= 4 is 23.0 Å². The largest absolute Gasteiger partial charge is 0.381 e. The molecule has 2 aliphatic heterocycles. The highest BCUT2D eigenvalue weighted by Crippen LogP contribution is 2.28. The number of likely N-dealkylation sites (tertiary alicyclic amines) is 1. The van der Waals surface area contributed by atoms with E-state index >= 15 is 0 Å². The van der Waals surface area contributed by atoms with Gasteiger partial charge in [-0.3, -0.25) is 9.36 Å². The first kappa shape index (κ1) is 24.2. The van der Waals surface area contributed by atoms with E-state index in [-0.39, 0.29) is 29.7 Å². The molecule has 2 aliphatic rings. The number of anilines is 1. The summed E-state index contributed by atoms with van der Waals surface area (Å²) >= 11 is 0. The first-order valence-electron chi connectivity index (χ1n) is 12.8. The standard InChI is InChI=1S/C27H34N6O3/c1-17(2)29-27(35)32-11-8-20(16-32)30-26-28-15-19-14-23(22-7-5-4-6-18(22)3)25(34)33(24(19)31-26)21-9-12-36-13-10-21/h4-7,14-15,17,20-21H,8-13,16H2,1-3H3,(H,29,35)(H,28,30,31). The fourth-order valence-corrected chi connectivity index (χ4v) is 5.12. The van der Waals surface area contributed by atoms with Gasteiger partial charge in [0.2, 0.25) is 5.95 Å². The van der Waals surface area contributed by atoms with Crippen LogP contribution in [0.5, 0.6) is 0 Å². The fraction of sp³-hybridized carbons (Fsp3) is 0.481. The summed E-state index contributed by atoms with van der Waals surface area (Å²) in [7, 11) is 0. The number of ether oxygens (including phenoxy) is 1. The van der Waals surface area contributed by atoms with Crippen molar-refractivity contribution in [3.63, 3.8) is 0 Å². The van der Waals surface area contributed by atoms with E-state index in [9.17, 15) is 9.59 Å². The zero-order chi connectivity index (χ0) is 25.2. The molecule has 2 amide bonds. The van der Waals surface area contributed by atoms with Gasteiger partial charge in [-0.2, -0.15) is 4.98 Å². The predicted octanol–water partition coefficient (Wildman–Crippen LogP) is 3.72. The van der Waals surface area contributed by atoms with E-state index in [0.717, 1.165) is 35.8 Å². The molecule has 0 bridgehead atoms. The third-order valence-corrected chi connectivity index (χ3v) is 6.99. The lowest BCUT2D eigenvalue weighted by Crippen LogP contribution is -2.42. The Morgan fingerprint density at radius 3 is 2.67 bits per heavy atom. The van der Waals surface area contributed by atoms with Crippen LogP contribution in [0.15, 0.2) is 41.3 Å². The second kappa shape index (κ2) is 10.3. The summed E-state index contributed by atoms with van der Waals surface area (Å²) < 4.78 is 7.43. The van der Waals surface area contributed by atoms with Crippen molar-refractivity contribution in [2.45, 2.75) is 58.2 Å². The highest BCUT2D eigenvalue weighted by atomic mass is 16.5. The van der Waals surface area contributed by atoms with Gasteiger partial charge in [-0.1, -0.05) is 24.3 Å². The molecule has 36 heavy (non-hydrogen) atoms. The van der Waals surface area contributed by atoms with Gasteiger partial charge in [0, 0.05) is 61.6 Å². The molecule has 3 aromatic rings. The molecule has 0 aliphatic carbocycles. The van der Waals surface area contributed by atoms with E-state index in [1.165, 1.54) is 0 Å². The average molecular weight is 491 g/mol. The van der Waals surface area contributed by atoms with Gasteiger partial charge in [0.1, 0.15) is 5.65 Å². The molecule has 5 rings (SSSR count). The van der Waals surface area contributed by atoms with Crippen molar-refractivity contribution in [1.29, 1.82) is 0 Å². The average Bonchev–Trinajstić information content (AvgIpc) is 3.33. The lowest BCUT2D eigenvalue weighted by Gasteiger charge is -2.26. The van der Waals surface area contributed by atoms with Crippen LogP contribution in [0, 0.1) is 6.92 Å². The van der Waals surface area contributed by atoms with Crippen molar-refractivity contribution in [3.8, 4) is 11.1 Å². The minimum Gasteiger partial charge on any atom is -0.381 e. The van der Waals surface area contributed by atoms with Crippen LogP contribution in [0.2, 0.25) is 0 Å². The Morgan fingerprint density at radius 2 is 1.92 bits per heavy atom. The molecule has 1 unspecified atom stereocenters. The number of carbonyl (C=O) groups is 1. The van der Waals surface area contributed by atoms with Gasteiger partial charge in [0.05, 0.1) is 0 Å². The summed E-state index contributed by atoms with van der Waals surface area (Å²) in [5.74, 6) is 0.475. The summed E-state index contributed by atoms with van der Waals surface area (Å²) in [5, 5.41) is 7.17. The van der Waals surface area contributed by atoms with Crippen molar-refractivity contribution in [1.82, 2.24) is 24.8 Å². The Hall–Kier alpha value is -3.46. The number of aryl methyl sites for hydroxylation is 1. The van der Waals surface area contributed by atoms with Gasteiger partial charge in [-0.05, 0) is 57.2 Å². The topological polar surface area (TPSA) is 101 Å². The highest BCUT2D eigenvalue weighted by Gasteiger charge is 2.28. The smallest absolute Gasteiger partial charge is 0.317 e.